The Labute approximate surface area is 153 Å². The maximum absolute atomic E-state index is 13.0. The fraction of sp³-hybridized carbons (Fsp3) is 0.579. The quantitative estimate of drug-likeness (QED) is 0.762. The predicted molar refractivity (Wildman–Crippen MR) is 96.3 cm³/mol. The van der Waals surface area contributed by atoms with Gasteiger partial charge in [0.2, 0.25) is 5.75 Å². The third-order valence-corrected chi connectivity index (χ3v) is 4.20. The van der Waals surface area contributed by atoms with Crippen molar-refractivity contribution in [2.45, 2.75) is 46.1 Å². The van der Waals surface area contributed by atoms with Gasteiger partial charge in [0.25, 0.3) is 5.91 Å². The number of aliphatic carboxylic acids is 1. The fourth-order valence-corrected chi connectivity index (χ4v) is 3.11. The van der Waals surface area contributed by atoms with Gasteiger partial charge in [-0.3, -0.25) is 4.79 Å². The van der Waals surface area contributed by atoms with Crippen LogP contribution >= 0.6 is 0 Å². The molecule has 1 amide bonds. The molecular weight excluding hydrogens is 338 g/mol. The monoisotopic (exact) mass is 365 g/mol. The second-order valence-electron chi connectivity index (χ2n) is 5.95. The number of carbonyl (C=O) groups excluding carboxylic acids is 1. The Kier molecular flexibility index (Phi) is 7.12. The topological polar surface area (TPSA) is 85.3 Å². The molecule has 0 radical (unpaired) electrons. The summed E-state index contributed by atoms with van der Waals surface area (Å²) >= 11 is 0. The lowest BCUT2D eigenvalue weighted by atomic mass is 10.0. The van der Waals surface area contributed by atoms with E-state index in [0.717, 1.165) is 12.8 Å². The van der Waals surface area contributed by atoms with Gasteiger partial charge < -0.3 is 24.2 Å². The summed E-state index contributed by atoms with van der Waals surface area (Å²) in [4.78, 5) is 25.9. The number of carboxylic acid groups (broad SMARTS) is 1. The highest BCUT2D eigenvalue weighted by atomic mass is 16.5. The average molecular weight is 365 g/mol. The fourth-order valence-electron chi connectivity index (χ4n) is 3.11. The summed E-state index contributed by atoms with van der Waals surface area (Å²) in [7, 11) is 0. The van der Waals surface area contributed by atoms with Crippen LogP contribution in [-0.4, -0.2) is 54.3 Å². The summed E-state index contributed by atoms with van der Waals surface area (Å²) in [5, 5.41) is 9.43. The van der Waals surface area contributed by atoms with Gasteiger partial charge in [-0.1, -0.05) is 0 Å². The Bertz CT molecular complexity index is 618. The van der Waals surface area contributed by atoms with Crippen molar-refractivity contribution in [3.63, 3.8) is 0 Å². The van der Waals surface area contributed by atoms with Crippen molar-refractivity contribution in [1.82, 2.24) is 4.90 Å². The van der Waals surface area contributed by atoms with Gasteiger partial charge in [0.05, 0.1) is 19.8 Å². The van der Waals surface area contributed by atoms with Crippen molar-refractivity contribution in [3.05, 3.63) is 17.7 Å². The molecule has 0 spiro atoms. The Morgan fingerprint density at radius 3 is 2.12 bits per heavy atom. The molecule has 1 aromatic carbocycles. The van der Waals surface area contributed by atoms with Gasteiger partial charge in [0, 0.05) is 12.1 Å². The molecular formula is C19H27NO6. The van der Waals surface area contributed by atoms with Crippen molar-refractivity contribution in [2.24, 2.45) is 0 Å². The Hall–Kier alpha value is -2.44. The number of ether oxygens (including phenoxy) is 3. The number of nitrogens with zero attached hydrogens (tertiary/aromatic N) is 1. The molecule has 1 aliphatic heterocycles. The lowest BCUT2D eigenvalue weighted by Gasteiger charge is -2.33. The summed E-state index contributed by atoms with van der Waals surface area (Å²) in [5.41, 5.74) is 0.341. The van der Waals surface area contributed by atoms with E-state index in [1.807, 2.05) is 20.8 Å². The van der Waals surface area contributed by atoms with Gasteiger partial charge in [-0.25, -0.2) is 4.79 Å². The molecule has 1 aliphatic rings. The minimum atomic E-state index is -0.973. The average Bonchev–Trinajstić information content (AvgIpc) is 2.64. The van der Waals surface area contributed by atoms with Crippen LogP contribution in [-0.2, 0) is 4.79 Å². The van der Waals surface area contributed by atoms with Gasteiger partial charge >= 0.3 is 5.97 Å². The highest BCUT2D eigenvalue weighted by molar-refractivity contribution is 5.98. The molecule has 0 saturated carbocycles. The molecule has 0 aliphatic carbocycles. The number of hydrogen-bond acceptors (Lipinski definition) is 5. The van der Waals surface area contributed by atoms with Crippen LogP contribution in [0.1, 0.15) is 50.4 Å². The van der Waals surface area contributed by atoms with E-state index in [1.54, 1.807) is 12.1 Å². The number of carboxylic acids is 1. The van der Waals surface area contributed by atoms with Crippen LogP contribution in [0.2, 0.25) is 0 Å². The molecule has 1 heterocycles. The van der Waals surface area contributed by atoms with Crippen molar-refractivity contribution in [2.75, 3.05) is 26.4 Å². The van der Waals surface area contributed by atoms with Crippen LogP contribution in [0.5, 0.6) is 17.2 Å². The normalized spacial score (nSPS) is 16.9. The second-order valence-corrected chi connectivity index (χ2v) is 5.95. The third kappa shape index (κ3) is 4.39. The van der Waals surface area contributed by atoms with Crippen LogP contribution in [0, 0.1) is 0 Å². The lowest BCUT2D eigenvalue weighted by molar-refractivity contribution is -0.143. The van der Waals surface area contributed by atoms with Gasteiger partial charge in [0.1, 0.15) is 6.04 Å². The molecule has 1 aromatic rings. The van der Waals surface area contributed by atoms with Crippen LogP contribution in [0.3, 0.4) is 0 Å². The molecule has 1 saturated heterocycles. The first kappa shape index (κ1) is 19.9. The Morgan fingerprint density at radius 2 is 1.62 bits per heavy atom. The number of hydrogen-bond donors (Lipinski definition) is 1. The van der Waals surface area contributed by atoms with Crippen molar-refractivity contribution in [3.8, 4) is 17.2 Å². The first-order valence-electron chi connectivity index (χ1n) is 9.13. The van der Waals surface area contributed by atoms with Crippen molar-refractivity contribution in [1.29, 1.82) is 0 Å². The molecule has 0 bridgehead atoms. The molecule has 2 rings (SSSR count). The first-order valence-corrected chi connectivity index (χ1v) is 9.13. The number of amides is 1. The molecule has 1 fully saturated rings. The minimum Gasteiger partial charge on any atom is -0.490 e. The molecule has 26 heavy (non-hydrogen) atoms. The largest absolute Gasteiger partial charge is 0.490 e. The number of rotatable bonds is 8. The van der Waals surface area contributed by atoms with E-state index >= 15 is 0 Å². The van der Waals surface area contributed by atoms with E-state index in [4.69, 9.17) is 14.2 Å². The SMILES string of the molecule is CCOc1cc(C(=O)N2CCCCC2C(=O)O)cc(OCC)c1OCC. The number of benzene rings is 1. The zero-order valence-electron chi connectivity index (χ0n) is 15.6. The van der Waals surface area contributed by atoms with Crippen LogP contribution in [0.25, 0.3) is 0 Å². The standard InChI is InChI=1S/C19H27NO6/c1-4-24-15-11-13(12-16(25-5-2)17(15)26-6-3)18(21)20-10-8-7-9-14(20)19(22)23/h11-12,14H,4-10H2,1-3H3,(H,22,23). The zero-order valence-corrected chi connectivity index (χ0v) is 15.6. The van der Waals surface area contributed by atoms with Gasteiger partial charge in [-0.2, -0.15) is 0 Å². The molecule has 1 N–H and O–H groups in total. The smallest absolute Gasteiger partial charge is 0.326 e. The highest BCUT2D eigenvalue weighted by Gasteiger charge is 2.33. The molecule has 144 valence electrons. The molecule has 0 aromatic heterocycles. The highest BCUT2D eigenvalue weighted by Crippen LogP contribution is 2.39. The van der Waals surface area contributed by atoms with E-state index in [-0.39, 0.29) is 5.91 Å². The van der Waals surface area contributed by atoms with Crippen LogP contribution in [0.15, 0.2) is 12.1 Å². The zero-order chi connectivity index (χ0) is 19.1. The van der Waals surface area contributed by atoms with Gasteiger partial charge in [-0.05, 0) is 52.2 Å². The number of likely N-dealkylation sites (tertiary alicyclic amines) is 1. The van der Waals surface area contributed by atoms with Crippen molar-refractivity contribution >= 4 is 11.9 Å². The predicted octanol–water partition coefficient (Wildman–Crippen LogP) is 2.96. The summed E-state index contributed by atoms with van der Waals surface area (Å²) < 4.78 is 16.9. The Morgan fingerprint density at radius 1 is 1.04 bits per heavy atom. The molecule has 1 atom stereocenters. The van der Waals surface area contributed by atoms with Crippen molar-refractivity contribution < 1.29 is 28.9 Å². The summed E-state index contributed by atoms with van der Waals surface area (Å²) in [6.07, 6.45) is 2.07. The van der Waals surface area contributed by atoms with E-state index < -0.39 is 12.0 Å². The minimum absolute atomic E-state index is 0.331. The van der Waals surface area contributed by atoms with E-state index in [2.05, 4.69) is 0 Å². The molecule has 7 nitrogen and oxygen atoms in total. The number of carbonyl (C=O) groups is 2. The first-order chi connectivity index (χ1) is 12.5. The van der Waals surface area contributed by atoms with Gasteiger partial charge in [0.15, 0.2) is 11.5 Å². The third-order valence-electron chi connectivity index (χ3n) is 4.20. The molecule has 7 heteroatoms. The number of piperidine rings is 1. The van der Waals surface area contributed by atoms with E-state index in [9.17, 15) is 14.7 Å². The van der Waals surface area contributed by atoms with Gasteiger partial charge in [-0.15, -0.1) is 0 Å². The Balaban J connectivity index is 2.43. The second kappa shape index (κ2) is 9.31. The molecule has 1 unspecified atom stereocenters. The lowest BCUT2D eigenvalue weighted by Crippen LogP contribution is -2.48. The van der Waals surface area contributed by atoms with Crippen LogP contribution in [0.4, 0.5) is 0 Å². The summed E-state index contributed by atoms with van der Waals surface area (Å²) in [6, 6.07) is 2.41. The maximum Gasteiger partial charge on any atom is 0.326 e. The van der Waals surface area contributed by atoms with Crippen LogP contribution < -0.4 is 14.2 Å². The summed E-state index contributed by atoms with van der Waals surface area (Å²) in [5.74, 6) is 0.00218. The maximum atomic E-state index is 13.0. The van der Waals surface area contributed by atoms with E-state index in [0.29, 0.717) is 55.6 Å². The van der Waals surface area contributed by atoms with E-state index in [1.165, 1.54) is 4.90 Å². The summed E-state index contributed by atoms with van der Waals surface area (Å²) in [6.45, 7) is 7.22.